The molecule has 0 saturated carbocycles. The maximum Gasteiger partial charge on any atom is 0.224 e. The number of benzene rings is 2. The average Bonchev–Trinajstić information content (AvgIpc) is 2.53. The van der Waals surface area contributed by atoms with Gasteiger partial charge in [-0.05, 0) is 43.2 Å². The van der Waals surface area contributed by atoms with Gasteiger partial charge in [-0.15, -0.1) is 0 Å². The van der Waals surface area contributed by atoms with Crippen LogP contribution in [0.25, 0.3) is 0 Å². The Morgan fingerprint density at radius 2 is 1.86 bits per heavy atom. The Labute approximate surface area is 130 Å². The molecule has 0 saturated heterocycles. The summed E-state index contributed by atoms with van der Waals surface area (Å²) < 4.78 is 5.16. The molecule has 2 rings (SSSR count). The van der Waals surface area contributed by atoms with Crippen LogP contribution in [0, 0.1) is 0 Å². The van der Waals surface area contributed by atoms with Crippen molar-refractivity contribution in [3.8, 4) is 5.75 Å². The number of amides is 1. The largest absolute Gasteiger partial charge is 0.497 e. The molecule has 2 aromatic rings. The lowest BCUT2D eigenvalue weighted by Crippen LogP contribution is -2.12. The zero-order valence-electron chi connectivity index (χ0n) is 12.8. The van der Waals surface area contributed by atoms with E-state index in [1.165, 1.54) is 6.92 Å². The minimum absolute atomic E-state index is 0.0209. The molecule has 0 aromatic heterocycles. The summed E-state index contributed by atoms with van der Waals surface area (Å²) in [5.41, 5.74) is 2.28. The number of Topliss-reactive ketones (excluding diaryl/α,β-unsaturated/α-hetero) is 1. The molecule has 0 heterocycles. The number of ether oxygens (including phenoxy) is 1. The van der Waals surface area contributed by atoms with Crippen molar-refractivity contribution in [2.75, 3.05) is 12.4 Å². The van der Waals surface area contributed by atoms with Crippen molar-refractivity contribution in [1.82, 2.24) is 0 Å². The Morgan fingerprint density at radius 3 is 2.59 bits per heavy atom. The Balaban J connectivity index is 1.92. The van der Waals surface area contributed by atoms with Crippen molar-refractivity contribution in [1.29, 1.82) is 0 Å². The van der Waals surface area contributed by atoms with E-state index in [1.807, 2.05) is 24.3 Å². The fourth-order valence-corrected chi connectivity index (χ4v) is 2.13. The van der Waals surface area contributed by atoms with Gasteiger partial charge in [-0.3, -0.25) is 9.59 Å². The summed E-state index contributed by atoms with van der Waals surface area (Å²) in [7, 11) is 1.62. The van der Waals surface area contributed by atoms with Crippen LogP contribution in [0.15, 0.2) is 48.5 Å². The van der Waals surface area contributed by atoms with Crippen LogP contribution in [0.1, 0.15) is 29.3 Å². The Morgan fingerprint density at radius 1 is 1.09 bits per heavy atom. The number of anilines is 1. The molecule has 0 aliphatic rings. The van der Waals surface area contributed by atoms with Crippen LogP contribution < -0.4 is 10.1 Å². The summed E-state index contributed by atoms with van der Waals surface area (Å²) in [5.74, 6) is 0.683. The molecule has 0 atom stereocenters. The first-order chi connectivity index (χ1) is 10.6. The first kappa shape index (κ1) is 15.8. The van der Waals surface area contributed by atoms with Crippen molar-refractivity contribution in [2.45, 2.75) is 19.8 Å². The second-order valence-corrected chi connectivity index (χ2v) is 5.04. The van der Waals surface area contributed by atoms with Crippen LogP contribution in [0.3, 0.4) is 0 Å². The van der Waals surface area contributed by atoms with Gasteiger partial charge in [-0.25, -0.2) is 0 Å². The minimum atomic E-state index is -0.0801. The summed E-state index contributed by atoms with van der Waals surface area (Å²) in [4.78, 5) is 23.3. The maximum absolute atomic E-state index is 12.0. The lowest BCUT2D eigenvalue weighted by atomic mass is 10.1. The van der Waals surface area contributed by atoms with E-state index in [0.29, 0.717) is 24.1 Å². The summed E-state index contributed by atoms with van der Waals surface area (Å²) in [6, 6.07) is 14.6. The van der Waals surface area contributed by atoms with Crippen molar-refractivity contribution in [3.63, 3.8) is 0 Å². The highest BCUT2D eigenvalue weighted by Crippen LogP contribution is 2.15. The minimum Gasteiger partial charge on any atom is -0.497 e. The zero-order chi connectivity index (χ0) is 15.9. The third-order valence-electron chi connectivity index (χ3n) is 3.33. The molecule has 114 valence electrons. The number of aryl methyl sites for hydroxylation is 1. The van der Waals surface area contributed by atoms with E-state index in [9.17, 15) is 9.59 Å². The molecule has 0 spiro atoms. The van der Waals surface area contributed by atoms with Crippen LogP contribution in [0.5, 0.6) is 5.75 Å². The summed E-state index contributed by atoms with van der Waals surface area (Å²) in [6.45, 7) is 1.50. The van der Waals surface area contributed by atoms with Crippen molar-refractivity contribution in [2.24, 2.45) is 0 Å². The number of hydrogen-bond acceptors (Lipinski definition) is 3. The number of carbonyl (C=O) groups is 2. The molecule has 0 unspecified atom stereocenters. The molecule has 1 N–H and O–H groups in total. The molecule has 0 radical (unpaired) electrons. The van der Waals surface area contributed by atoms with E-state index >= 15 is 0 Å². The summed E-state index contributed by atoms with van der Waals surface area (Å²) in [6.07, 6.45) is 1.01. The third kappa shape index (κ3) is 4.45. The van der Waals surface area contributed by atoms with E-state index < -0.39 is 0 Å². The van der Waals surface area contributed by atoms with Crippen LogP contribution in [-0.4, -0.2) is 18.8 Å². The average molecular weight is 297 g/mol. The normalized spacial score (nSPS) is 10.1. The van der Waals surface area contributed by atoms with Crippen molar-refractivity contribution < 1.29 is 14.3 Å². The van der Waals surface area contributed by atoms with Gasteiger partial charge < -0.3 is 10.1 Å². The predicted octanol–water partition coefficient (Wildman–Crippen LogP) is 3.47. The monoisotopic (exact) mass is 297 g/mol. The molecular weight excluding hydrogens is 278 g/mol. The van der Waals surface area contributed by atoms with Gasteiger partial charge in [-0.2, -0.15) is 0 Å². The van der Waals surface area contributed by atoms with Crippen LogP contribution in [-0.2, 0) is 11.2 Å². The van der Waals surface area contributed by atoms with Gasteiger partial charge in [0.1, 0.15) is 5.75 Å². The Hall–Kier alpha value is -2.62. The molecule has 4 heteroatoms. The standard InChI is InChI=1S/C18H19NO3/c1-13(20)15-6-4-7-16(12-15)19-18(21)10-9-14-5-3-8-17(11-14)22-2/h3-8,11-12H,9-10H2,1-2H3,(H,19,21). The third-order valence-corrected chi connectivity index (χ3v) is 3.33. The van der Waals surface area contributed by atoms with E-state index in [0.717, 1.165) is 11.3 Å². The Kier molecular flexibility index (Phi) is 5.31. The van der Waals surface area contributed by atoms with Gasteiger partial charge in [0.25, 0.3) is 0 Å². The maximum atomic E-state index is 12.0. The second-order valence-electron chi connectivity index (χ2n) is 5.04. The lowest BCUT2D eigenvalue weighted by Gasteiger charge is -2.07. The van der Waals surface area contributed by atoms with Gasteiger partial charge in [0.05, 0.1) is 7.11 Å². The number of hydrogen-bond donors (Lipinski definition) is 1. The SMILES string of the molecule is COc1cccc(CCC(=O)Nc2cccc(C(C)=O)c2)c1. The van der Waals surface area contributed by atoms with Crippen LogP contribution in [0.4, 0.5) is 5.69 Å². The molecule has 0 aliphatic heterocycles. The highest BCUT2D eigenvalue weighted by molar-refractivity contribution is 5.97. The van der Waals surface area contributed by atoms with Gasteiger partial charge in [-0.1, -0.05) is 24.3 Å². The molecule has 1 amide bonds. The number of rotatable bonds is 6. The van der Waals surface area contributed by atoms with Crippen LogP contribution >= 0.6 is 0 Å². The first-order valence-electron chi connectivity index (χ1n) is 7.12. The topological polar surface area (TPSA) is 55.4 Å². The number of ketones is 1. The molecule has 0 fully saturated rings. The number of carbonyl (C=O) groups excluding carboxylic acids is 2. The van der Waals surface area contributed by atoms with E-state index in [1.54, 1.807) is 31.4 Å². The van der Waals surface area contributed by atoms with E-state index in [2.05, 4.69) is 5.32 Å². The fourth-order valence-electron chi connectivity index (χ4n) is 2.13. The molecule has 4 nitrogen and oxygen atoms in total. The molecule has 0 bridgehead atoms. The molecule has 22 heavy (non-hydrogen) atoms. The molecule has 0 aliphatic carbocycles. The van der Waals surface area contributed by atoms with E-state index in [4.69, 9.17) is 4.74 Å². The summed E-state index contributed by atoms with van der Waals surface area (Å²) >= 11 is 0. The van der Waals surface area contributed by atoms with Gasteiger partial charge >= 0.3 is 0 Å². The second kappa shape index (κ2) is 7.41. The first-order valence-corrected chi connectivity index (χ1v) is 7.12. The fraction of sp³-hybridized carbons (Fsp3) is 0.222. The predicted molar refractivity (Wildman–Crippen MR) is 86.4 cm³/mol. The van der Waals surface area contributed by atoms with Gasteiger partial charge in [0, 0.05) is 17.7 Å². The zero-order valence-corrected chi connectivity index (χ0v) is 12.8. The molecular formula is C18H19NO3. The highest BCUT2D eigenvalue weighted by Gasteiger charge is 2.06. The van der Waals surface area contributed by atoms with Gasteiger partial charge in [0.15, 0.2) is 5.78 Å². The lowest BCUT2D eigenvalue weighted by molar-refractivity contribution is -0.116. The smallest absolute Gasteiger partial charge is 0.224 e. The van der Waals surface area contributed by atoms with Crippen molar-refractivity contribution in [3.05, 3.63) is 59.7 Å². The van der Waals surface area contributed by atoms with E-state index in [-0.39, 0.29) is 11.7 Å². The number of methoxy groups -OCH3 is 1. The van der Waals surface area contributed by atoms with Crippen LogP contribution in [0.2, 0.25) is 0 Å². The summed E-state index contributed by atoms with van der Waals surface area (Å²) in [5, 5.41) is 2.81. The number of nitrogens with one attached hydrogen (secondary N) is 1. The van der Waals surface area contributed by atoms with Crippen molar-refractivity contribution >= 4 is 17.4 Å². The highest BCUT2D eigenvalue weighted by atomic mass is 16.5. The van der Waals surface area contributed by atoms with Gasteiger partial charge in [0.2, 0.25) is 5.91 Å². The quantitative estimate of drug-likeness (QED) is 0.831. The Bertz CT molecular complexity index is 680. The molecule has 2 aromatic carbocycles.